The summed E-state index contributed by atoms with van der Waals surface area (Å²) in [6.07, 6.45) is -4.35. The molecule has 1 aliphatic rings. The topological polar surface area (TPSA) is 111 Å². The van der Waals surface area contributed by atoms with Crippen LogP contribution in [0, 0.1) is 6.92 Å². The van der Waals surface area contributed by atoms with E-state index < -0.39 is 36.9 Å². The van der Waals surface area contributed by atoms with Gasteiger partial charge in [0, 0.05) is 11.8 Å². The molecule has 18 heavy (non-hydrogen) atoms. The zero-order chi connectivity index (χ0) is 13.4. The Labute approximate surface area is 102 Å². The van der Waals surface area contributed by atoms with Gasteiger partial charge in [-0.1, -0.05) is 0 Å². The first kappa shape index (κ1) is 12.9. The van der Waals surface area contributed by atoms with Gasteiger partial charge in [0.15, 0.2) is 12.4 Å². The lowest BCUT2D eigenvalue weighted by Gasteiger charge is -2.16. The van der Waals surface area contributed by atoms with E-state index in [-0.39, 0.29) is 5.82 Å². The minimum atomic E-state index is -1.82. The Kier molecular flexibility index (Phi) is 3.33. The maximum atomic E-state index is 13.8. The Balaban J connectivity index is 2.39. The van der Waals surface area contributed by atoms with Gasteiger partial charge >= 0.3 is 5.69 Å². The molecule has 2 rings (SSSR count). The lowest BCUT2D eigenvalue weighted by molar-refractivity contribution is -0.0491. The predicted molar refractivity (Wildman–Crippen MR) is 59.5 cm³/mol. The molecule has 4 atom stereocenters. The molecule has 1 aromatic rings. The molecule has 0 spiro atoms. The third kappa shape index (κ3) is 1.98. The molecule has 2 heterocycles. The van der Waals surface area contributed by atoms with Crippen molar-refractivity contribution in [1.82, 2.24) is 9.55 Å². The van der Waals surface area contributed by atoms with E-state index >= 15 is 0 Å². The summed E-state index contributed by atoms with van der Waals surface area (Å²) in [5.74, 6) is 0.0592. The van der Waals surface area contributed by atoms with E-state index in [1.807, 2.05) is 0 Å². The van der Waals surface area contributed by atoms with Gasteiger partial charge in [0.05, 0.1) is 6.61 Å². The van der Waals surface area contributed by atoms with Crippen LogP contribution in [0.2, 0.25) is 0 Å². The quantitative estimate of drug-likeness (QED) is 0.610. The second-order valence-electron chi connectivity index (χ2n) is 4.18. The van der Waals surface area contributed by atoms with Crippen LogP contribution in [0.25, 0.3) is 0 Å². The number of nitrogens with two attached hydrogens (primary N) is 1. The Morgan fingerprint density at radius 2 is 2.33 bits per heavy atom. The minimum Gasteiger partial charge on any atom is -0.394 e. The minimum absolute atomic E-state index is 0.0592. The maximum Gasteiger partial charge on any atom is 0.351 e. The molecule has 0 aliphatic carbocycles. The van der Waals surface area contributed by atoms with Gasteiger partial charge in [-0.15, -0.1) is 0 Å². The molecule has 1 saturated heterocycles. The second kappa shape index (κ2) is 4.63. The monoisotopic (exact) mass is 259 g/mol. The molecule has 0 unspecified atom stereocenters. The summed E-state index contributed by atoms with van der Waals surface area (Å²) in [7, 11) is 0. The highest BCUT2D eigenvalue weighted by atomic mass is 19.1. The fraction of sp³-hybridized carbons (Fsp3) is 0.600. The van der Waals surface area contributed by atoms with Crippen LogP contribution >= 0.6 is 0 Å². The van der Waals surface area contributed by atoms with Crippen LogP contribution in [-0.4, -0.2) is 44.8 Å². The first-order valence-corrected chi connectivity index (χ1v) is 5.39. The van der Waals surface area contributed by atoms with Crippen LogP contribution in [0.5, 0.6) is 0 Å². The summed E-state index contributed by atoms with van der Waals surface area (Å²) in [4.78, 5) is 15.1. The molecule has 1 aliphatic heterocycles. The number of halogens is 1. The van der Waals surface area contributed by atoms with E-state index in [1.165, 1.54) is 6.20 Å². The normalized spacial score (nSPS) is 31.8. The molecule has 0 radical (unpaired) electrons. The highest BCUT2D eigenvalue weighted by molar-refractivity contribution is 5.35. The Morgan fingerprint density at radius 1 is 1.67 bits per heavy atom. The first-order chi connectivity index (χ1) is 8.45. The number of aliphatic hydroxyl groups is 2. The molecule has 1 fully saturated rings. The van der Waals surface area contributed by atoms with Gasteiger partial charge in [-0.25, -0.2) is 9.18 Å². The van der Waals surface area contributed by atoms with Gasteiger partial charge in [-0.3, -0.25) is 4.57 Å². The molecule has 4 N–H and O–H groups in total. The molecule has 100 valence electrons. The van der Waals surface area contributed by atoms with Crippen molar-refractivity contribution in [3.05, 3.63) is 22.2 Å². The lowest BCUT2D eigenvalue weighted by Crippen LogP contribution is -2.34. The van der Waals surface area contributed by atoms with Crippen molar-refractivity contribution in [2.75, 3.05) is 12.3 Å². The van der Waals surface area contributed by atoms with Gasteiger partial charge in [0.25, 0.3) is 0 Å². The average Bonchev–Trinajstić information content (AvgIpc) is 2.61. The summed E-state index contributed by atoms with van der Waals surface area (Å²) in [6.45, 7) is 1.08. The third-order valence-electron chi connectivity index (χ3n) is 2.92. The number of hydrogen-bond donors (Lipinski definition) is 3. The molecular formula is C10H14FN3O4. The number of aliphatic hydroxyl groups excluding tert-OH is 2. The maximum absolute atomic E-state index is 13.8. The Morgan fingerprint density at radius 3 is 2.89 bits per heavy atom. The van der Waals surface area contributed by atoms with Crippen LogP contribution in [0.15, 0.2) is 11.0 Å². The zero-order valence-electron chi connectivity index (χ0n) is 9.65. The number of nitrogen functional groups attached to an aromatic ring is 1. The van der Waals surface area contributed by atoms with E-state index in [0.717, 1.165) is 4.57 Å². The van der Waals surface area contributed by atoms with Crippen molar-refractivity contribution in [3.8, 4) is 0 Å². The van der Waals surface area contributed by atoms with Crippen LogP contribution in [-0.2, 0) is 4.74 Å². The van der Waals surface area contributed by atoms with Gasteiger partial charge in [-0.05, 0) is 6.92 Å². The van der Waals surface area contributed by atoms with Crippen molar-refractivity contribution in [1.29, 1.82) is 0 Å². The summed E-state index contributed by atoms with van der Waals surface area (Å²) in [5.41, 5.74) is 5.18. The molecule has 1 aromatic heterocycles. The van der Waals surface area contributed by atoms with E-state index in [0.29, 0.717) is 5.56 Å². The Hall–Kier alpha value is -1.51. The Bertz CT molecular complexity index is 506. The number of aromatic nitrogens is 2. The largest absolute Gasteiger partial charge is 0.394 e. The SMILES string of the molecule is Cc1cn([C@@H]2O[C@H](CO)[C@H](O)[C@@H]2F)c(=O)nc1N. The van der Waals surface area contributed by atoms with Crippen LogP contribution < -0.4 is 11.4 Å². The van der Waals surface area contributed by atoms with Crippen molar-refractivity contribution in [2.45, 2.75) is 31.5 Å². The van der Waals surface area contributed by atoms with Crippen LogP contribution in [0.3, 0.4) is 0 Å². The van der Waals surface area contributed by atoms with Crippen molar-refractivity contribution >= 4 is 5.82 Å². The predicted octanol–water partition coefficient (Wildman–Crippen LogP) is -1.28. The number of hydrogen-bond acceptors (Lipinski definition) is 6. The summed E-state index contributed by atoms with van der Waals surface area (Å²) in [5, 5.41) is 18.4. The van der Waals surface area contributed by atoms with E-state index in [1.54, 1.807) is 6.92 Å². The highest BCUT2D eigenvalue weighted by Crippen LogP contribution is 2.30. The van der Waals surface area contributed by atoms with E-state index in [9.17, 15) is 14.3 Å². The van der Waals surface area contributed by atoms with Gasteiger partial charge in [-0.2, -0.15) is 4.98 Å². The molecule has 0 saturated carbocycles. The molecule has 0 bridgehead atoms. The van der Waals surface area contributed by atoms with Crippen molar-refractivity contribution in [3.63, 3.8) is 0 Å². The van der Waals surface area contributed by atoms with Gasteiger partial charge < -0.3 is 20.7 Å². The smallest absolute Gasteiger partial charge is 0.351 e. The average molecular weight is 259 g/mol. The van der Waals surface area contributed by atoms with Crippen molar-refractivity contribution < 1.29 is 19.3 Å². The van der Waals surface area contributed by atoms with Crippen molar-refractivity contribution in [2.24, 2.45) is 0 Å². The number of anilines is 1. The molecule has 8 heteroatoms. The van der Waals surface area contributed by atoms with E-state index in [4.69, 9.17) is 15.6 Å². The summed E-state index contributed by atoms with van der Waals surface area (Å²) >= 11 is 0. The van der Waals surface area contributed by atoms with E-state index in [2.05, 4.69) is 4.98 Å². The number of alkyl halides is 1. The summed E-state index contributed by atoms with van der Waals surface area (Å²) < 4.78 is 19.8. The number of rotatable bonds is 2. The fourth-order valence-electron chi connectivity index (χ4n) is 1.84. The summed E-state index contributed by atoms with van der Waals surface area (Å²) in [6, 6.07) is 0. The van der Waals surface area contributed by atoms with Gasteiger partial charge in [0.1, 0.15) is 18.0 Å². The third-order valence-corrected chi connectivity index (χ3v) is 2.92. The number of nitrogens with zero attached hydrogens (tertiary/aromatic N) is 2. The highest BCUT2D eigenvalue weighted by Gasteiger charge is 2.45. The van der Waals surface area contributed by atoms with Gasteiger partial charge in [0.2, 0.25) is 0 Å². The molecule has 0 aromatic carbocycles. The second-order valence-corrected chi connectivity index (χ2v) is 4.18. The fourth-order valence-corrected chi connectivity index (χ4v) is 1.84. The first-order valence-electron chi connectivity index (χ1n) is 5.39. The number of ether oxygens (including phenoxy) is 1. The van der Waals surface area contributed by atoms with Crippen LogP contribution in [0.4, 0.5) is 10.2 Å². The molecular weight excluding hydrogens is 245 g/mol. The van der Waals surface area contributed by atoms with Crippen LogP contribution in [0.1, 0.15) is 11.8 Å². The number of aryl methyl sites for hydroxylation is 1. The zero-order valence-corrected chi connectivity index (χ0v) is 9.65. The lowest BCUT2D eigenvalue weighted by atomic mass is 10.1. The standard InChI is InChI=1S/C10H14FN3O4/c1-4-2-14(10(17)13-8(4)12)9-6(11)7(16)5(3-15)18-9/h2,5-7,9,15-16H,3H2,1H3,(H2,12,13,17)/t5-,6+,7+,9-/m1/s1. The molecule has 7 nitrogen and oxygen atoms in total. The molecule has 0 amide bonds.